The molecule has 6 nitrogen and oxygen atoms in total. The lowest BCUT2D eigenvalue weighted by atomic mass is 10.2. The standard InChI is InChI=1S/C16H11N5OS2/c22-14(18-12-6-3-7-13-16(12)21-24-20-13)9-23-15-8-17-10-4-1-2-5-11(10)19-15/h1-8H,9H2,(H,18,22). The van der Waals surface area contributed by atoms with Crippen molar-refractivity contribution in [3.63, 3.8) is 0 Å². The highest BCUT2D eigenvalue weighted by atomic mass is 32.2. The smallest absolute Gasteiger partial charge is 0.234 e. The number of hydrogen-bond acceptors (Lipinski definition) is 7. The zero-order valence-corrected chi connectivity index (χ0v) is 14.0. The van der Waals surface area contributed by atoms with Gasteiger partial charge in [-0.2, -0.15) is 8.75 Å². The summed E-state index contributed by atoms with van der Waals surface area (Å²) in [5, 5.41) is 3.59. The molecule has 4 rings (SSSR count). The molecule has 0 radical (unpaired) electrons. The quantitative estimate of drug-likeness (QED) is 0.567. The number of benzene rings is 2. The molecule has 2 aromatic heterocycles. The van der Waals surface area contributed by atoms with Gasteiger partial charge < -0.3 is 5.32 Å². The van der Waals surface area contributed by atoms with E-state index in [2.05, 4.69) is 24.0 Å². The van der Waals surface area contributed by atoms with Crippen LogP contribution < -0.4 is 5.32 Å². The van der Waals surface area contributed by atoms with Gasteiger partial charge in [0.25, 0.3) is 0 Å². The number of nitrogens with one attached hydrogen (secondary N) is 1. The minimum absolute atomic E-state index is 0.115. The normalized spacial score (nSPS) is 11.0. The number of carbonyl (C=O) groups excluding carboxylic acids is 1. The van der Waals surface area contributed by atoms with Gasteiger partial charge in [-0.15, -0.1) is 0 Å². The van der Waals surface area contributed by atoms with Crippen molar-refractivity contribution in [2.75, 3.05) is 11.1 Å². The van der Waals surface area contributed by atoms with Crippen LogP contribution >= 0.6 is 23.5 Å². The predicted molar refractivity (Wildman–Crippen MR) is 96.3 cm³/mol. The van der Waals surface area contributed by atoms with E-state index in [1.165, 1.54) is 11.8 Å². The van der Waals surface area contributed by atoms with Gasteiger partial charge in [0.15, 0.2) is 0 Å². The third-order valence-electron chi connectivity index (χ3n) is 3.34. The van der Waals surface area contributed by atoms with Crippen molar-refractivity contribution < 1.29 is 4.79 Å². The van der Waals surface area contributed by atoms with Crippen LogP contribution in [0.2, 0.25) is 0 Å². The highest BCUT2D eigenvalue weighted by Crippen LogP contribution is 2.22. The molecule has 2 aromatic carbocycles. The van der Waals surface area contributed by atoms with Crippen molar-refractivity contribution in [1.82, 2.24) is 18.7 Å². The summed E-state index contributed by atoms with van der Waals surface area (Å²) in [4.78, 5) is 21.0. The van der Waals surface area contributed by atoms with E-state index in [9.17, 15) is 4.79 Å². The molecule has 1 N–H and O–H groups in total. The Morgan fingerprint density at radius 1 is 1.04 bits per heavy atom. The summed E-state index contributed by atoms with van der Waals surface area (Å²) in [7, 11) is 0. The number of carbonyl (C=O) groups is 1. The number of rotatable bonds is 4. The Labute approximate surface area is 145 Å². The second-order valence-electron chi connectivity index (χ2n) is 4.97. The molecule has 2 heterocycles. The maximum absolute atomic E-state index is 12.2. The lowest BCUT2D eigenvalue weighted by Crippen LogP contribution is -2.14. The maximum atomic E-state index is 12.2. The summed E-state index contributed by atoms with van der Waals surface area (Å²) in [6.45, 7) is 0. The maximum Gasteiger partial charge on any atom is 0.234 e. The van der Waals surface area contributed by atoms with E-state index in [4.69, 9.17) is 0 Å². The lowest BCUT2D eigenvalue weighted by molar-refractivity contribution is -0.113. The van der Waals surface area contributed by atoms with Crippen LogP contribution in [0.1, 0.15) is 0 Å². The molecular weight excluding hydrogens is 342 g/mol. The molecule has 0 aliphatic rings. The van der Waals surface area contributed by atoms with Crippen molar-refractivity contribution in [2.24, 2.45) is 0 Å². The van der Waals surface area contributed by atoms with Crippen molar-refractivity contribution in [3.8, 4) is 0 Å². The molecular formula is C16H11N5OS2. The number of amides is 1. The molecule has 0 bridgehead atoms. The number of thioether (sulfide) groups is 1. The minimum Gasteiger partial charge on any atom is -0.323 e. The fourth-order valence-corrected chi connectivity index (χ4v) is 3.43. The summed E-state index contributed by atoms with van der Waals surface area (Å²) in [6, 6.07) is 13.2. The van der Waals surface area contributed by atoms with Crippen LogP contribution in [0.15, 0.2) is 53.7 Å². The van der Waals surface area contributed by atoms with Gasteiger partial charge >= 0.3 is 0 Å². The topological polar surface area (TPSA) is 80.7 Å². The molecule has 1 amide bonds. The molecule has 0 unspecified atom stereocenters. The van der Waals surface area contributed by atoms with E-state index in [0.717, 1.165) is 33.3 Å². The van der Waals surface area contributed by atoms with Gasteiger partial charge in [0.1, 0.15) is 16.1 Å². The van der Waals surface area contributed by atoms with Crippen LogP contribution in [0.5, 0.6) is 0 Å². The summed E-state index contributed by atoms with van der Waals surface area (Å²) in [5.41, 5.74) is 3.84. The van der Waals surface area contributed by atoms with E-state index >= 15 is 0 Å². The zero-order valence-electron chi connectivity index (χ0n) is 12.3. The van der Waals surface area contributed by atoms with E-state index in [0.29, 0.717) is 11.2 Å². The first-order valence-corrected chi connectivity index (χ1v) is 8.87. The Kier molecular flexibility index (Phi) is 4.06. The van der Waals surface area contributed by atoms with Crippen molar-refractivity contribution in [2.45, 2.75) is 5.03 Å². The monoisotopic (exact) mass is 353 g/mol. The molecule has 0 fully saturated rings. The zero-order chi connectivity index (χ0) is 16.4. The van der Waals surface area contributed by atoms with Crippen LogP contribution in [0.4, 0.5) is 5.69 Å². The number of fused-ring (bicyclic) bond motifs is 2. The third-order valence-corrected chi connectivity index (χ3v) is 4.78. The fourth-order valence-electron chi connectivity index (χ4n) is 2.24. The Morgan fingerprint density at radius 3 is 2.79 bits per heavy atom. The number of nitrogens with zero attached hydrogens (tertiary/aromatic N) is 4. The largest absolute Gasteiger partial charge is 0.323 e. The van der Waals surface area contributed by atoms with Crippen molar-refractivity contribution >= 4 is 57.2 Å². The van der Waals surface area contributed by atoms with E-state index < -0.39 is 0 Å². The van der Waals surface area contributed by atoms with Crippen molar-refractivity contribution in [3.05, 3.63) is 48.7 Å². The highest BCUT2D eigenvalue weighted by Gasteiger charge is 2.10. The molecule has 4 aromatic rings. The summed E-state index contributed by atoms with van der Waals surface area (Å²) in [6.07, 6.45) is 1.69. The minimum atomic E-state index is -0.115. The first-order chi connectivity index (χ1) is 11.8. The van der Waals surface area contributed by atoms with E-state index in [1.807, 2.05) is 42.5 Å². The van der Waals surface area contributed by atoms with E-state index in [1.54, 1.807) is 6.20 Å². The number of para-hydroxylation sites is 2. The van der Waals surface area contributed by atoms with Crippen LogP contribution in [0.3, 0.4) is 0 Å². The Hall–Kier alpha value is -2.58. The average Bonchev–Trinajstić information content (AvgIpc) is 3.10. The SMILES string of the molecule is O=C(CSc1cnc2ccccc2n1)Nc1cccc2nsnc12. The van der Waals surface area contributed by atoms with Gasteiger partial charge in [-0.3, -0.25) is 9.78 Å². The molecule has 0 aliphatic carbocycles. The van der Waals surface area contributed by atoms with Gasteiger partial charge in [0.05, 0.1) is 40.4 Å². The van der Waals surface area contributed by atoms with Crippen LogP contribution in [0.25, 0.3) is 22.1 Å². The summed E-state index contributed by atoms with van der Waals surface area (Å²) < 4.78 is 8.38. The van der Waals surface area contributed by atoms with Crippen LogP contribution in [-0.2, 0) is 4.79 Å². The molecule has 24 heavy (non-hydrogen) atoms. The molecule has 0 spiro atoms. The summed E-state index contributed by atoms with van der Waals surface area (Å²) >= 11 is 2.48. The van der Waals surface area contributed by atoms with Crippen LogP contribution in [-0.4, -0.2) is 30.4 Å². The van der Waals surface area contributed by atoms with Crippen molar-refractivity contribution in [1.29, 1.82) is 0 Å². The second kappa shape index (κ2) is 6.50. The first-order valence-electron chi connectivity index (χ1n) is 7.15. The summed E-state index contributed by atoms with van der Waals surface area (Å²) in [5.74, 6) is 0.136. The number of hydrogen-bond donors (Lipinski definition) is 1. The fraction of sp³-hybridized carbons (Fsp3) is 0.0625. The average molecular weight is 353 g/mol. The van der Waals surface area contributed by atoms with Crippen LogP contribution in [0, 0.1) is 0 Å². The Morgan fingerprint density at radius 2 is 1.88 bits per heavy atom. The molecule has 8 heteroatoms. The molecule has 0 saturated carbocycles. The Bertz CT molecular complexity index is 1030. The molecule has 118 valence electrons. The lowest BCUT2D eigenvalue weighted by Gasteiger charge is -2.05. The molecule has 0 saturated heterocycles. The van der Waals surface area contributed by atoms with Gasteiger partial charge in [0.2, 0.25) is 5.91 Å². The number of anilines is 1. The van der Waals surface area contributed by atoms with Gasteiger partial charge in [-0.25, -0.2) is 4.98 Å². The molecule has 0 aliphatic heterocycles. The highest BCUT2D eigenvalue weighted by molar-refractivity contribution is 7.99. The Balaban J connectivity index is 1.45. The van der Waals surface area contributed by atoms with Gasteiger partial charge in [-0.05, 0) is 24.3 Å². The van der Waals surface area contributed by atoms with E-state index in [-0.39, 0.29) is 11.7 Å². The number of aromatic nitrogens is 4. The first kappa shape index (κ1) is 15.0. The molecule has 0 atom stereocenters. The second-order valence-corrected chi connectivity index (χ2v) is 6.50. The predicted octanol–water partition coefficient (Wildman–Crippen LogP) is 3.37. The van der Waals surface area contributed by atoms with Gasteiger partial charge in [0, 0.05) is 0 Å². The van der Waals surface area contributed by atoms with Gasteiger partial charge in [-0.1, -0.05) is 30.0 Å². The third kappa shape index (κ3) is 3.06.